The first kappa shape index (κ1) is 11.5. The molecule has 16 heavy (non-hydrogen) atoms. The normalized spacial score (nSPS) is 16.2. The molecule has 0 bridgehead atoms. The van der Waals surface area contributed by atoms with Gasteiger partial charge in [0.25, 0.3) is 5.91 Å². The van der Waals surface area contributed by atoms with Gasteiger partial charge >= 0.3 is 0 Å². The first-order chi connectivity index (χ1) is 7.68. The van der Waals surface area contributed by atoms with Crippen molar-refractivity contribution in [2.75, 3.05) is 26.2 Å². The van der Waals surface area contributed by atoms with Crippen LogP contribution in [-0.4, -0.2) is 37.0 Å². The second-order valence-electron chi connectivity index (χ2n) is 3.67. The van der Waals surface area contributed by atoms with Crippen molar-refractivity contribution < 1.29 is 9.18 Å². The fourth-order valence-electron chi connectivity index (χ4n) is 1.70. The van der Waals surface area contributed by atoms with Crippen LogP contribution in [0.5, 0.6) is 0 Å². The highest BCUT2D eigenvalue weighted by molar-refractivity contribution is 9.10. The van der Waals surface area contributed by atoms with E-state index in [0.717, 1.165) is 13.1 Å². The van der Waals surface area contributed by atoms with Crippen LogP contribution >= 0.6 is 15.9 Å². The summed E-state index contributed by atoms with van der Waals surface area (Å²) in [7, 11) is 0. The Morgan fingerprint density at radius 1 is 1.38 bits per heavy atom. The van der Waals surface area contributed by atoms with E-state index in [0.29, 0.717) is 23.1 Å². The highest BCUT2D eigenvalue weighted by Gasteiger charge is 2.19. The minimum atomic E-state index is -0.344. The third kappa shape index (κ3) is 2.41. The van der Waals surface area contributed by atoms with Gasteiger partial charge in [0.2, 0.25) is 0 Å². The molecule has 0 spiro atoms. The monoisotopic (exact) mass is 286 g/mol. The van der Waals surface area contributed by atoms with Crippen LogP contribution in [0.4, 0.5) is 4.39 Å². The van der Waals surface area contributed by atoms with Gasteiger partial charge in [0.05, 0.1) is 5.56 Å². The van der Waals surface area contributed by atoms with Crippen molar-refractivity contribution in [2.45, 2.75) is 0 Å². The maximum absolute atomic E-state index is 12.9. The predicted octanol–water partition coefficient (Wildman–Crippen LogP) is 1.63. The number of hydrogen-bond donors (Lipinski definition) is 1. The van der Waals surface area contributed by atoms with Crippen molar-refractivity contribution in [1.82, 2.24) is 10.2 Å². The van der Waals surface area contributed by atoms with Gasteiger partial charge in [-0.15, -0.1) is 0 Å². The summed E-state index contributed by atoms with van der Waals surface area (Å²) < 4.78 is 13.4. The smallest absolute Gasteiger partial charge is 0.255 e. The van der Waals surface area contributed by atoms with Crippen LogP contribution in [0.25, 0.3) is 0 Å². The van der Waals surface area contributed by atoms with E-state index in [1.807, 2.05) is 0 Å². The number of piperazine rings is 1. The molecule has 0 atom stereocenters. The number of nitrogens with zero attached hydrogens (tertiary/aromatic N) is 1. The van der Waals surface area contributed by atoms with Crippen molar-refractivity contribution in [3.8, 4) is 0 Å². The molecule has 1 aromatic rings. The number of hydrogen-bond acceptors (Lipinski definition) is 2. The van der Waals surface area contributed by atoms with Gasteiger partial charge in [-0.25, -0.2) is 4.39 Å². The molecule has 1 aliphatic heterocycles. The van der Waals surface area contributed by atoms with Gasteiger partial charge in [-0.1, -0.05) is 0 Å². The molecule has 3 nitrogen and oxygen atoms in total. The number of rotatable bonds is 1. The van der Waals surface area contributed by atoms with Gasteiger partial charge in [-0.05, 0) is 34.1 Å². The Kier molecular flexibility index (Phi) is 3.56. The van der Waals surface area contributed by atoms with E-state index in [4.69, 9.17) is 0 Å². The topological polar surface area (TPSA) is 32.3 Å². The molecule has 1 aliphatic rings. The molecule has 5 heteroatoms. The molecule has 2 rings (SSSR count). The van der Waals surface area contributed by atoms with Crippen molar-refractivity contribution in [3.63, 3.8) is 0 Å². The van der Waals surface area contributed by atoms with E-state index in [2.05, 4.69) is 21.2 Å². The molecule has 1 aromatic carbocycles. The molecule has 1 amide bonds. The summed E-state index contributed by atoms with van der Waals surface area (Å²) in [6.45, 7) is 3.01. The minimum Gasteiger partial charge on any atom is -0.336 e. The van der Waals surface area contributed by atoms with Crippen LogP contribution in [0.3, 0.4) is 0 Å². The average molecular weight is 287 g/mol. The van der Waals surface area contributed by atoms with Crippen molar-refractivity contribution in [1.29, 1.82) is 0 Å². The lowest BCUT2D eigenvalue weighted by Crippen LogP contribution is -2.46. The number of benzene rings is 1. The molecule has 86 valence electrons. The standard InChI is InChI=1S/C11H12BrFN2O/c12-10-7-8(13)1-2-9(10)11(16)15-5-3-14-4-6-15/h1-2,7,14H,3-6H2. The molecule has 0 aliphatic carbocycles. The summed E-state index contributed by atoms with van der Waals surface area (Å²) in [5, 5.41) is 3.18. The molecule has 1 heterocycles. The van der Waals surface area contributed by atoms with Crippen LogP contribution in [0.1, 0.15) is 10.4 Å². The van der Waals surface area contributed by atoms with E-state index in [-0.39, 0.29) is 11.7 Å². The van der Waals surface area contributed by atoms with E-state index in [9.17, 15) is 9.18 Å². The second-order valence-corrected chi connectivity index (χ2v) is 4.52. The van der Waals surface area contributed by atoms with Crippen LogP contribution < -0.4 is 5.32 Å². The minimum absolute atomic E-state index is 0.0478. The lowest BCUT2D eigenvalue weighted by Gasteiger charge is -2.27. The summed E-state index contributed by atoms with van der Waals surface area (Å²) >= 11 is 3.21. The predicted molar refractivity (Wildman–Crippen MR) is 62.9 cm³/mol. The molecule has 0 aromatic heterocycles. The first-order valence-electron chi connectivity index (χ1n) is 5.13. The summed E-state index contributed by atoms with van der Waals surface area (Å²) in [5.41, 5.74) is 0.517. The van der Waals surface area contributed by atoms with Gasteiger partial charge < -0.3 is 10.2 Å². The zero-order chi connectivity index (χ0) is 11.5. The number of nitrogens with one attached hydrogen (secondary N) is 1. The highest BCUT2D eigenvalue weighted by Crippen LogP contribution is 2.19. The summed E-state index contributed by atoms with van der Waals surface area (Å²) in [6.07, 6.45) is 0. The largest absolute Gasteiger partial charge is 0.336 e. The van der Waals surface area contributed by atoms with Crippen molar-refractivity contribution in [2.24, 2.45) is 0 Å². The Balaban J connectivity index is 2.19. The van der Waals surface area contributed by atoms with Gasteiger partial charge in [0, 0.05) is 30.7 Å². The Morgan fingerprint density at radius 2 is 2.06 bits per heavy atom. The maximum Gasteiger partial charge on any atom is 0.255 e. The van der Waals surface area contributed by atoms with E-state index in [1.54, 1.807) is 4.90 Å². The summed E-state index contributed by atoms with van der Waals surface area (Å²) in [6, 6.07) is 4.14. The quantitative estimate of drug-likeness (QED) is 0.851. The Morgan fingerprint density at radius 3 is 2.69 bits per heavy atom. The Bertz CT molecular complexity index is 405. The molecule has 0 unspecified atom stereocenters. The van der Waals surface area contributed by atoms with Gasteiger partial charge in [0.15, 0.2) is 0 Å². The number of amides is 1. The summed E-state index contributed by atoms with van der Waals surface area (Å²) in [4.78, 5) is 13.8. The van der Waals surface area contributed by atoms with E-state index in [1.165, 1.54) is 18.2 Å². The third-order valence-electron chi connectivity index (χ3n) is 2.57. The lowest BCUT2D eigenvalue weighted by atomic mass is 10.2. The maximum atomic E-state index is 12.9. The van der Waals surface area contributed by atoms with Crippen LogP contribution in [0.2, 0.25) is 0 Å². The molecule has 1 N–H and O–H groups in total. The number of halogens is 2. The number of carbonyl (C=O) groups is 1. The molecule has 1 fully saturated rings. The molecule has 0 saturated carbocycles. The SMILES string of the molecule is O=C(c1ccc(F)cc1Br)N1CCNCC1. The van der Waals surface area contributed by atoms with Gasteiger partial charge in [0.1, 0.15) is 5.82 Å². The van der Waals surface area contributed by atoms with Crippen LogP contribution in [0, 0.1) is 5.82 Å². The fourth-order valence-corrected chi connectivity index (χ4v) is 2.22. The fraction of sp³-hybridized carbons (Fsp3) is 0.364. The van der Waals surface area contributed by atoms with Crippen molar-refractivity contribution >= 4 is 21.8 Å². The van der Waals surface area contributed by atoms with Gasteiger partial charge in [-0.3, -0.25) is 4.79 Å². The van der Waals surface area contributed by atoms with E-state index >= 15 is 0 Å². The first-order valence-corrected chi connectivity index (χ1v) is 5.93. The van der Waals surface area contributed by atoms with Crippen molar-refractivity contribution in [3.05, 3.63) is 34.1 Å². The zero-order valence-corrected chi connectivity index (χ0v) is 10.3. The zero-order valence-electron chi connectivity index (χ0n) is 8.67. The Hall–Kier alpha value is -0.940. The van der Waals surface area contributed by atoms with Crippen LogP contribution in [0.15, 0.2) is 22.7 Å². The average Bonchev–Trinajstić information content (AvgIpc) is 2.29. The number of carbonyl (C=O) groups excluding carboxylic acids is 1. The van der Waals surface area contributed by atoms with Crippen LogP contribution in [-0.2, 0) is 0 Å². The van der Waals surface area contributed by atoms with Gasteiger partial charge in [-0.2, -0.15) is 0 Å². The lowest BCUT2D eigenvalue weighted by molar-refractivity contribution is 0.0735. The molecule has 0 radical (unpaired) electrons. The summed E-state index contributed by atoms with van der Waals surface area (Å²) in [5.74, 6) is -0.392. The highest BCUT2D eigenvalue weighted by atomic mass is 79.9. The third-order valence-corrected chi connectivity index (χ3v) is 3.22. The molecule has 1 saturated heterocycles. The molecular formula is C11H12BrFN2O. The second kappa shape index (κ2) is 4.93. The van der Waals surface area contributed by atoms with E-state index < -0.39 is 0 Å². The molecular weight excluding hydrogens is 275 g/mol. The Labute approximate surface area is 102 Å².